The molecule has 128 valence electrons. The summed E-state index contributed by atoms with van der Waals surface area (Å²) in [7, 11) is 0. The van der Waals surface area contributed by atoms with E-state index in [9.17, 15) is 9.59 Å². The van der Waals surface area contributed by atoms with Crippen LogP contribution in [0.2, 0.25) is 0 Å². The third-order valence-corrected chi connectivity index (χ3v) is 3.57. The summed E-state index contributed by atoms with van der Waals surface area (Å²) in [6.45, 7) is 9.58. The normalized spacial score (nSPS) is 12.2. The Bertz CT molecular complexity index is 550. The minimum atomic E-state index is -1.15. The lowest BCUT2D eigenvalue weighted by Gasteiger charge is -2.15. The van der Waals surface area contributed by atoms with Gasteiger partial charge in [0.15, 0.2) is 6.04 Å². The largest absolute Gasteiger partial charge is 0.480 e. The summed E-state index contributed by atoms with van der Waals surface area (Å²) in [5.41, 5.74) is 1.09. The lowest BCUT2D eigenvalue weighted by atomic mass is 10.2. The molecule has 7 nitrogen and oxygen atoms in total. The minimum Gasteiger partial charge on any atom is -0.480 e. The molecular formula is C16H25N3O4. The maximum Gasteiger partial charge on any atom is 0.328 e. The van der Waals surface area contributed by atoms with Crippen LogP contribution in [0.5, 0.6) is 0 Å². The number of hydrogen-bond donors (Lipinski definition) is 2. The molecule has 1 amide bonds. The molecule has 0 saturated heterocycles. The number of carbonyl (C=O) groups excluding carboxylic acids is 1. The van der Waals surface area contributed by atoms with Crippen LogP contribution in [0.15, 0.2) is 18.7 Å². The number of ether oxygens (including phenoxy) is 1. The number of aryl methyl sites for hydroxylation is 1. The predicted octanol–water partition coefficient (Wildman–Crippen LogP) is 1.94. The van der Waals surface area contributed by atoms with Gasteiger partial charge in [-0.15, -0.1) is 6.58 Å². The second-order valence-electron chi connectivity index (χ2n) is 5.28. The zero-order valence-electron chi connectivity index (χ0n) is 13.9. The molecule has 1 heterocycles. The fraction of sp³-hybridized carbons (Fsp3) is 0.562. The van der Waals surface area contributed by atoms with Crippen molar-refractivity contribution in [2.45, 2.75) is 45.7 Å². The Morgan fingerprint density at radius 2 is 2.13 bits per heavy atom. The van der Waals surface area contributed by atoms with E-state index in [1.807, 2.05) is 11.6 Å². The van der Waals surface area contributed by atoms with Gasteiger partial charge < -0.3 is 15.2 Å². The molecule has 1 unspecified atom stereocenters. The number of nitrogens with one attached hydrogen (secondary N) is 1. The molecule has 1 rings (SSSR count). The van der Waals surface area contributed by atoms with Crippen LogP contribution in [-0.4, -0.2) is 46.0 Å². The predicted molar refractivity (Wildman–Crippen MR) is 86.5 cm³/mol. The third-order valence-electron chi connectivity index (χ3n) is 3.57. The number of aliphatic carboxylic acids is 1. The third kappa shape index (κ3) is 5.21. The standard InChI is InChI=1S/C16H25N3O4/c1-5-8-23-10-14(16(21)22)17-15(20)13-9-11(4)19(18-13)12(6-2)7-3/h5,9,12,14H,1,6-8,10H2,2-4H3,(H,17,20)(H,21,22). The van der Waals surface area contributed by atoms with Gasteiger partial charge in [0.2, 0.25) is 0 Å². The molecule has 0 aliphatic heterocycles. The molecule has 0 bridgehead atoms. The first kappa shape index (κ1) is 18.9. The topological polar surface area (TPSA) is 93.5 Å². The molecule has 0 aromatic carbocycles. The number of amides is 1. The molecule has 0 radical (unpaired) electrons. The van der Waals surface area contributed by atoms with Crippen molar-refractivity contribution in [1.82, 2.24) is 15.1 Å². The number of aromatic nitrogens is 2. The van der Waals surface area contributed by atoms with Crippen LogP contribution in [0.3, 0.4) is 0 Å². The summed E-state index contributed by atoms with van der Waals surface area (Å²) < 4.78 is 6.92. The van der Waals surface area contributed by atoms with Crippen molar-refractivity contribution in [3.8, 4) is 0 Å². The van der Waals surface area contributed by atoms with Crippen molar-refractivity contribution < 1.29 is 19.4 Å². The Balaban J connectivity index is 2.81. The van der Waals surface area contributed by atoms with Crippen molar-refractivity contribution in [3.05, 3.63) is 30.1 Å². The minimum absolute atomic E-state index is 0.126. The monoisotopic (exact) mass is 323 g/mol. The highest BCUT2D eigenvalue weighted by Gasteiger charge is 2.23. The Kier molecular flexibility index (Phi) is 7.47. The van der Waals surface area contributed by atoms with Crippen molar-refractivity contribution in [2.75, 3.05) is 13.2 Å². The van der Waals surface area contributed by atoms with Crippen molar-refractivity contribution in [1.29, 1.82) is 0 Å². The van der Waals surface area contributed by atoms with E-state index in [0.717, 1.165) is 18.5 Å². The van der Waals surface area contributed by atoms with Crippen LogP contribution in [0.25, 0.3) is 0 Å². The molecular weight excluding hydrogens is 298 g/mol. The van der Waals surface area contributed by atoms with Gasteiger partial charge in [-0.1, -0.05) is 19.9 Å². The SMILES string of the molecule is C=CCOCC(NC(=O)c1cc(C)n(C(CC)CC)n1)C(=O)O. The second-order valence-corrected chi connectivity index (χ2v) is 5.28. The Morgan fingerprint density at radius 1 is 1.48 bits per heavy atom. The molecule has 0 saturated carbocycles. The highest BCUT2D eigenvalue weighted by molar-refractivity contribution is 5.95. The average Bonchev–Trinajstić information content (AvgIpc) is 2.89. The molecule has 1 aromatic rings. The maximum atomic E-state index is 12.2. The summed E-state index contributed by atoms with van der Waals surface area (Å²) in [5.74, 6) is -1.68. The molecule has 7 heteroatoms. The number of carboxylic acid groups (broad SMARTS) is 1. The van der Waals surface area contributed by atoms with E-state index in [1.165, 1.54) is 6.08 Å². The highest BCUT2D eigenvalue weighted by atomic mass is 16.5. The summed E-state index contributed by atoms with van der Waals surface area (Å²) >= 11 is 0. The fourth-order valence-corrected chi connectivity index (χ4v) is 2.28. The van der Waals surface area contributed by atoms with Crippen LogP contribution in [0, 0.1) is 6.92 Å². The molecule has 0 aliphatic carbocycles. The van der Waals surface area contributed by atoms with Crippen molar-refractivity contribution >= 4 is 11.9 Å². The van der Waals surface area contributed by atoms with E-state index in [1.54, 1.807) is 6.07 Å². The molecule has 2 N–H and O–H groups in total. The quantitative estimate of drug-likeness (QED) is 0.507. The van der Waals surface area contributed by atoms with Crippen LogP contribution < -0.4 is 5.32 Å². The molecule has 1 aromatic heterocycles. The molecule has 1 atom stereocenters. The van der Waals surface area contributed by atoms with Crippen LogP contribution >= 0.6 is 0 Å². The fourth-order valence-electron chi connectivity index (χ4n) is 2.28. The van der Waals surface area contributed by atoms with Gasteiger partial charge in [-0.25, -0.2) is 4.79 Å². The van der Waals surface area contributed by atoms with E-state index < -0.39 is 17.9 Å². The van der Waals surface area contributed by atoms with Gasteiger partial charge in [0.25, 0.3) is 5.91 Å². The molecule has 0 aliphatic rings. The summed E-state index contributed by atoms with van der Waals surface area (Å²) in [4.78, 5) is 23.4. The number of carbonyl (C=O) groups is 2. The summed E-state index contributed by atoms with van der Waals surface area (Å²) in [6, 6.07) is 0.765. The summed E-state index contributed by atoms with van der Waals surface area (Å²) in [5, 5.41) is 15.9. The zero-order chi connectivity index (χ0) is 17.4. The van der Waals surface area contributed by atoms with E-state index in [-0.39, 0.29) is 24.9 Å². The van der Waals surface area contributed by atoms with Gasteiger partial charge in [0.05, 0.1) is 19.3 Å². The maximum absolute atomic E-state index is 12.2. The van der Waals surface area contributed by atoms with Crippen molar-refractivity contribution in [2.24, 2.45) is 0 Å². The number of rotatable bonds is 10. The molecule has 0 fully saturated rings. The Morgan fingerprint density at radius 3 is 2.65 bits per heavy atom. The van der Waals surface area contributed by atoms with Gasteiger partial charge in [-0.3, -0.25) is 9.48 Å². The Labute approximate surface area is 136 Å². The lowest BCUT2D eigenvalue weighted by molar-refractivity contribution is -0.140. The smallest absolute Gasteiger partial charge is 0.328 e. The van der Waals surface area contributed by atoms with Gasteiger partial charge >= 0.3 is 5.97 Å². The van der Waals surface area contributed by atoms with E-state index in [4.69, 9.17) is 9.84 Å². The first-order valence-corrected chi connectivity index (χ1v) is 7.72. The van der Waals surface area contributed by atoms with Crippen LogP contribution in [0.4, 0.5) is 0 Å². The average molecular weight is 323 g/mol. The van der Waals surface area contributed by atoms with E-state index in [0.29, 0.717) is 0 Å². The van der Waals surface area contributed by atoms with Crippen molar-refractivity contribution in [3.63, 3.8) is 0 Å². The van der Waals surface area contributed by atoms with Crippen LogP contribution in [-0.2, 0) is 9.53 Å². The van der Waals surface area contributed by atoms with E-state index in [2.05, 4.69) is 30.8 Å². The van der Waals surface area contributed by atoms with Gasteiger partial charge in [0, 0.05) is 5.69 Å². The first-order valence-electron chi connectivity index (χ1n) is 7.72. The number of hydrogen-bond acceptors (Lipinski definition) is 4. The van der Waals surface area contributed by atoms with Gasteiger partial charge in [0.1, 0.15) is 5.69 Å². The zero-order valence-corrected chi connectivity index (χ0v) is 13.9. The Hall–Kier alpha value is -2.15. The number of carboxylic acids is 1. The van der Waals surface area contributed by atoms with Crippen LogP contribution in [0.1, 0.15) is 48.9 Å². The number of nitrogens with zero attached hydrogens (tertiary/aromatic N) is 2. The highest BCUT2D eigenvalue weighted by Crippen LogP contribution is 2.18. The molecule has 23 heavy (non-hydrogen) atoms. The first-order chi connectivity index (χ1) is 10.9. The lowest BCUT2D eigenvalue weighted by Crippen LogP contribution is -2.44. The van der Waals surface area contributed by atoms with E-state index >= 15 is 0 Å². The van der Waals surface area contributed by atoms with Gasteiger partial charge in [-0.2, -0.15) is 5.10 Å². The molecule has 0 spiro atoms. The second kappa shape index (κ2) is 9.09. The summed E-state index contributed by atoms with van der Waals surface area (Å²) in [6.07, 6.45) is 3.34. The van der Waals surface area contributed by atoms with Gasteiger partial charge in [-0.05, 0) is 25.8 Å².